The Bertz CT molecular complexity index is 1430. The quantitative estimate of drug-likeness (QED) is 0.380. The topological polar surface area (TPSA) is 93.4 Å². The molecule has 34 heavy (non-hydrogen) atoms. The van der Waals surface area contributed by atoms with Crippen molar-refractivity contribution in [3.05, 3.63) is 102 Å². The summed E-state index contributed by atoms with van der Waals surface area (Å²) in [6, 6.07) is 24.6. The molecule has 8 heteroatoms. The van der Waals surface area contributed by atoms with Crippen LogP contribution >= 0.6 is 0 Å². The van der Waals surface area contributed by atoms with E-state index in [1.54, 1.807) is 36.2 Å². The number of ether oxygens (including phenoxy) is 1. The molecule has 5 rings (SSSR count). The lowest BCUT2D eigenvalue weighted by Crippen LogP contribution is -2.22. The predicted octanol–water partition coefficient (Wildman–Crippen LogP) is 4.47. The first-order valence-electron chi connectivity index (χ1n) is 10.7. The zero-order valence-electron chi connectivity index (χ0n) is 18.5. The van der Waals surface area contributed by atoms with Gasteiger partial charge in [-0.05, 0) is 66.2 Å². The van der Waals surface area contributed by atoms with E-state index in [0.717, 1.165) is 28.3 Å². The maximum absolute atomic E-state index is 12.6. The summed E-state index contributed by atoms with van der Waals surface area (Å²) in [6.45, 7) is 0.409. The molecule has 3 aromatic heterocycles. The van der Waals surface area contributed by atoms with Gasteiger partial charge < -0.3 is 15.4 Å². The number of hydrogen-bond donors (Lipinski definition) is 2. The Labute approximate surface area is 196 Å². The van der Waals surface area contributed by atoms with E-state index in [9.17, 15) is 4.79 Å². The molecule has 0 spiro atoms. The number of aromatic nitrogens is 4. The second-order valence-corrected chi connectivity index (χ2v) is 7.59. The molecular formula is C26H22N6O2. The molecule has 0 unspecified atom stereocenters. The summed E-state index contributed by atoms with van der Waals surface area (Å²) in [4.78, 5) is 21.3. The van der Waals surface area contributed by atoms with Crippen molar-refractivity contribution in [1.29, 1.82) is 0 Å². The maximum Gasteiger partial charge on any atom is 0.251 e. The molecular weight excluding hydrogens is 428 g/mol. The van der Waals surface area contributed by atoms with Gasteiger partial charge in [-0.1, -0.05) is 18.2 Å². The Morgan fingerprint density at radius 3 is 2.65 bits per heavy atom. The molecule has 0 saturated heterocycles. The molecule has 0 saturated carbocycles. The Balaban J connectivity index is 1.34. The fraction of sp³-hybridized carbons (Fsp3) is 0.0769. The van der Waals surface area contributed by atoms with Crippen LogP contribution in [0.1, 0.15) is 15.9 Å². The second kappa shape index (κ2) is 9.41. The fourth-order valence-corrected chi connectivity index (χ4v) is 3.59. The number of benzene rings is 2. The highest BCUT2D eigenvalue weighted by Gasteiger charge is 2.11. The lowest BCUT2D eigenvalue weighted by Gasteiger charge is -2.07. The van der Waals surface area contributed by atoms with Crippen LogP contribution < -0.4 is 15.4 Å². The van der Waals surface area contributed by atoms with Gasteiger partial charge in [0.25, 0.3) is 5.91 Å². The third-order valence-corrected chi connectivity index (χ3v) is 5.30. The summed E-state index contributed by atoms with van der Waals surface area (Å²) >= 11 is 0. The molecule has 0 aliphatic heterocycles. The van der Waals surface area contributed by atoms with Crippen LogP contribution in [0.3, 0.4) is 0 Å². The van der Waals surface area contributed by atoms with E-state index in [1.165, 1.54) is 0 Å². The lowest BCUT2D eigenvalue weighted by molar-refractivity contribution is 0.0951. The van der Waals surface area contributed by atoms with Gasteiger partial charge in [0.1, 0.15) is 5.75 Å². The van der Waals surface area contributed by atoms with Crippen molar-refractivity contribution in [3.63, 3.8) is 0 Å². The van der Waals surface area contributed by atoms with Gasteiger partial charge in [0.15, 0.2) is 5.65 Å². The molecule has 0 bridgehead atoms. The monoisotopic (exact) mass is 450 g/mol. The first-order chi connectivity index (χ1) is 16.7. The largest absolute Gasteiger partial charge is 0.497 e. The number of fused-ring (bicyclic) bond motifs is 1. The SMILES string of the molecule is COc1ccc(-c2cccc3nc(Nc4cccc(C(=O)NCc5cccnc5)c4)nn23)cc1. The summed E-state index contributed by atoms with van der Waals surface area (Å²) in [5.41, 5.74) is 4.81. The van der Waals surface area contributed by atoms with Crippen LogP contribution in [0.5, 0.6) is 5.75 Å². The Morgan fingerprint density at radius 2 is 1.85 bits per heavy atom. The van der Waals surface area contributed by atoms with Gasteiger partial charge in [-0.25, -0.2) is 4.52 Å². The minimum absolute atomic E-state index is 0.169. The van der Waals surface area contributed by atoms with Gasteiger partial charge in [-0.3, -0.25) is 9.78 Å². The van der Waals surface area contributed by atoms with Crippen LogP contribution in [-0.4, -0.2) is 32.6 Å². The van der Waals surface area contributed by atoms with E-state index in [1.807, 2.05) is 66.7 Å². The van der Waals surface area contributed by atoms with Crippen molar-refractivity contribution in [2.75, 3.05) is 12.4 Å². The standard InChI is InChI=1S/C26H22N6O2/c1-34-22-12-10-19(11-13-22)23-8-3-9-24-30-26(31-32(23)24)29-21-7-2-6-20(15-21)25(33)28-17-18-5-4-14-27-16-18/h2-16H,17H2,1H3,(H,28,33)(H,29,31). The second-order valence-electron chi connectivity index (χ2n) is 7.59. The van der Waals surface area contributed by atoms with E-state index >= 15 is 0 Å². The molecule has 0 radical (unpaired) electrons. The van der Waals surface area contributed by atoms with E-state index in [-0.39, 0.29) is 5.91 Å². The van der Waals surface area contributed by atoms with Gasteiger partial charge in [-0.2, -0.15) is 4.98 Å². The molecule has 8 nitrogen and oxygen atoms in total. The van der Waals surface area contributed by atoms with Gasteiger partial charge in [0, 0.05) is 35.8 Å². The minimum Gasteiger partial charge on any atom is -0.497 e. The predicted molar refractivity (Wildman–Crippen MR) is 130 cm³/mol. The Morgan fingerprint density at radius 1 is 1.00 bits per heavy atom. The number of rotatable bonds is 7. The molecule has 168 valence electrons. The Kier molecular flexibility index (Phi) is 5.85. The van der Waals surface area contributed by atoms with E-state index < -0.39 is 0 Å². The van der Waals surface area contributed by atoms with Crippen molar-refractivity contribution in [2.45, 2.75) is 6.54 Å². The zero-order valence-corrected chi connectivity index (χ0v) is 18.5. The number of nitrogens with one attached hydrogen (secondary N) is 2. The van der Waals surface area contributed by atoms with Crippen molar-refractivity contribution in [3.8, 4) is 17.0 Å². The van der Waals surface area contributed by atoms with Crippen molar-refractivity contribution < 1.29 is 9.53 Å². The van der Waals surface area contributed by atoms with E-state index in [2.05, 4.69) is 25.7 Å². The average molecular weight is 451 g/mol. The van der Waals surface area contributed by atoms with Crippen LogP contribution in [0.4, 0.5) is 11.6 Å². The van der Waals surface area contributed by atoms with Gasteiger partial charge in [0.05, 0.1) is 12.8 Å². The van der Waals surface area contributed by atoms with Crippen molar-refractivity contribution >= 4 is 23.2 Å². The molecule has 1 amide bonds. The molecule has 0 fully saturated rings. The summed E-state index contributed by atoms with van der Waals surface area (Å²) in [5.74, 6) is 1.06. The first-order valence-corrected chi connectivity index (χ1v) is 10.7. The summed E-state index contributed by atoms with van der Waals surface area (Å²) in [5, 5.41) is 10.8. The normalized spacial score (nSPS) is 10.7. The first kappa shape index (κ1) is 21.1. The van der Waals surface area contributed by atoms with Crippen LogP contribution in [-0.2, 0) is 6.54 Å². The van der Waals surface area contributed by atoms with Gasteiger partial charge >= 0.3 is 0 Å². The van der Waals surface area contributed by atoms with Crippen molar-refractivity contribution in [2.24, 2.45) is 0 Å². The molecule has 3 heterocycles. The number of nitrogens with zero attached hydrogens (tertiary/aromatic N) is 4. The summed E-state index contributed by atoms with van der Waals surface area (Å²) in [6.07, 6.45) is 3.43. The number of pyridine rings is 2. The van der Waals surface area contributed by atoms with Crippen LogP contribution in [0.2, 0.25) is 0 Å². The summed E-state index contributed by atoms with van der Waals surface area (Å²) in [7, 11) is 1.64. The number of anilines is 2. The third-order valence-electron chi connectivity index (χ3n) is 5.30. The number of amides is 1. The van der Waals surface area contributed by atoms with Crippen molar-refractivity contribution in [1.82, 2.24) is 24.9 Å². The maximum atomic E-state index is 12.6. The molecule has 5 aromatic rings. The highest BCUT2D eigenvalue weighted by Crippen LogP contribution is 2.24. The molecule has 2 aromatic carbocycles. The molecule has 2 N–H and O–H groups in total. The number of methoxy groups -OCH3 is 1. The average Bonchev–Trinajstić information content (AvgIpc) is 3.30. The van der Waals surface area contributed by atoms with E-state index in [4.69, 9.17) is 4.74 Å². The molecule has 0 aliphatic rings. The number of carbonyl (C=O) groups is 1. The zero-order chi connectivity index (χ0) is 23.3. The Hall–Kier alpha value is -4.72. The highest BCUT2D eigenvalue weighted by molar-refractivity contribution is 5.95. The highest BCUT2D eigenvalue weighted by atomic mass is 16.5. The lowest BCUT2D eigenvalue weighted by atomic mass is 10.1. The molecule has 0 atom stereocenters. The summed E-state index contributed by atoms with van der Waals surface area (Å²) < 4.78 is 7.04. The minimum atomic E-state index is -0.169. The van der Waals surface area contributed by atoms with Crippen LogP contribution in [0, 0.1) is 0 Å². The number of hydrogen-bond acceptors (Lipinski definition) is 6. The van der Waals surface area contributed by atoms with Crippen LogP contribution in [0.25, 0.3) is 16.9 Å². The van der Waals surface area contributed by atoms with E-state index in [0.29, 0.717) is 23.7 Å². The number of carbonyl (C=O) groups excluding carboxylic acids is 1. The third kappa shape index (κ3) is 4.56. The fourth-order valence-electron chi connectivity index (χ4n) is 3.59. The molecule has 0 aliphatic carbocycles. The van der Waals surface area contributed by atoms with Crippen LogP contribution in [0.15, 0.2) is 91.3 Å². The van der Waals surface area contributed by atoms with Gasteiger partial charge in [-0.15, -0.1) is 5.10 Å². The smallest absolute Gasteiger partial charge is 0.251 e. The van der Waals surface area contributed by atoms with Gasteiger partial charge in [0.2, 0.25) is 5.95 Å².